The van der Waals surface area contributed by atoms with Crippen LogP contribution in [0.1, 0.15) is 73.8 Å². The molecule has 0 spiro atoms. The van der Waals surface area contributed by atoms with E-state index >= 15 is 4.39 Å². The van der Waals surface area contributed by atoms with Crippen LogP contribution in [0.3, 0.4) is 0 Å². The van der Waals surface area contributed by atoms with Crippen molar-refractivity contribution in [2.75, 3.05) is 13.1 Å². The molecule has 3 unspecified atom stereocenters. The van der Waals surface area contributed by atoms with Crippen molar-refractivity contribution in [1.29, 1.82) is 0 Å². The first-order valence-corrected chi connectivity index (χ1v) is 16.1. The van der Waals surface area contributed by atoms with E-state index in [-0.39, 0.29) is 35.7 Å². The van der Waals surface area contributed by atoms with Crippen LogP contribution < -0.4 is 4.74 Å². The van der Waals surface area contributed by atoms with Gasteiger partial charge in [0.25, 0.3) is 0 Å². The Balaban J connectivity index is 1.74. The minimum atomic E-state index is -3.99. The molecule has 0 aliphatic carbocycles. The fourth-order valence-corrected chi connectivity index (χ4v) is 6.84. The van der Waals surface area contributed by atoms with Crippen LogP contribution in [0.5, 0.6) is 5.75 Å². The Labute approximate surface area is 253 Å². The van der Waals surface area contributed by atoms with E-state index in [4.69, 9.17) is 4.74 Å². The Hall–Kier alpha value is -3.63. The summed E-state index contributed by atoms with van der Waals surface area (Å²) in [6, 6.07) is 14.7. The van der Waals surface area contributed by atoms with Crippen LogP contribution in [-0.4, -0.2) is 43.0 Å². The summed E-state index contributed by atoms with van der Waals surface area (Å²) >= 11 is 0. The number of halogens is 1. The van der Waals surface area contributed by atoms with Gasteiger partial charge in [0.1, 0.15) is 22.6 Å². The van der Waals surface area contributed by atoms with Gasteiger partial charge in [-0.25, -0.2) is 12.8 Å². The van der Waals surface area contributed by atoms with Crippen LogP contribution in [0.4, 0.5) is 10.1 Å². The number of carboxylic acids is 1. The lowest BCUT2D eigenvalue weighted by Gasteiger charge is -2.24. The zero-order valence-corrected chi connectivity index (χ0v) is 26.2. The molecular formula is C33H40FN3O5S. The molecule has 3 aromatic rings. The first-order chi connectivity index (χ1) is 20.5. The maximum atomic E-state index is 15.3. The highest BCUT2D eigenvalue weighted by molar-refractivity contribution is 7.89. The van der Waals surface area contributed by atoms with Gasteiger partial charge < -0.3 is 9.84 Å². The van der Waals surface area contributed by atoms with Gasteiger partial charge in [-0.05, 0) is 66.6 Å². The number of azo groups is 1. The Morgan fingerprint density at radius 3 is 2.58 bits per heavy atom. The maximum absolute atomic E-state index is 15.3. The third kappa shape index (κ3) is 7.30. The number of hydrogen-bond acceptors (Lipinski definition) is 6. The SMILES string of the molecule is CCC(C)CN=Nc1c(C)ccc(C(CC(=O)O)c2ccc(F)c(CN3CC(CC)Oc4ccccc4S3(=O)=O)c2)c1C. The van der Waals surface area contributed by atoms with E-state index in [1.165, 1.54) is 16.4 Å². The average molecular weight is 610 g/mol. The van der Waals surface area contributed by atoms with E-state index in [9.17, 15) is 18.3 Å². The summed E-state index contributed by atoms with van der Waals surface area (Å²) < 4.78 is 49.9. The van der Waals surface area contributed by atoms with Crippen molar-refractivity contribution in [3.63, 3.8) is 0 Å². The second-order valence-electron chi connectivity index (χ2n) is 11.3. The zero-order valence-electron chi connectivity index (χ0n) is 25.4. The monoisotopic (exact) mass is 609 g/mol. The lowest BCUT2D eigenvalue weighted by Crippen LogP contribution is -2.36. The smallest absolute Gasteiger partial charge is 0.304 e. The van der Waals surface area contributed by atoms with Gasteiger partial charge in [-0.3, -0.25) is 4.79 Å². The van der Waals surface area contributed by atoms with Gasteiger partial charge in [-0.15, -0.1) is 0 Å². The summed E-state index contributed by atoms with van der Waals surface area (Å²) in [4.78, 5) is 12.1. The van der Waals surface area contributed by atoms with Crippen LogP contribution in [0, 0.1) is 25.6 Å². The molecule has 10 heteroatoms. The van der Waals surface area contributed by atoms with Crippen molar-refractivity contribution in [2.45, 2.75) is 77.3 Å². The van der Waals surface area contributed by atoms with E-state index in [2.05, 4.69) is 24.1 Å². The number of hydrogen-bond donors (Lipinski definition) is 1. The fourth-order valence-electron chi connectivity index (χ4n) is 5.27. The first-order valence-electron chi connectivity index (χ1n) is 14.7. The number of aliphatic carboxylic acids is 1. The van der Waals surface area contributed by atoms with Crippen LogP contribution in [0.2, 0.25) is 0 Å². The third-order valence-corrected chi connectivity index (χ3v) is 9.98. The summed E-state index contributed by atoms with van der Waals surface area (Å²) in [5, 5.41) is 18.8. The second kappa shape index (κ2) is 13.8. The predicted molar refractivity (Wildman–Crippen MR) is 164 cm³/mol. The zero-order chi connectivity index (χ0) is 31.3. The van der Waals surface area contributed by atoms with Crippen molar-refractivity contribution < 1.29 is 27.4 Å². The van der Waals surface area contributed by atoms with Crippen LogP contribution in [0.15, 0.2) is 69.7 Å². The number of carbonyl (C=O) groups is 1. The molecule has 1 N–H and O–H groups in total. The minimum absolute atomic E-state index is 0.0385. The molecule has 0 radical (unpaired) electrons. The number of fused-ring (bicyclic) bond motifs is 1. The maximum Gasteiger partial charge on any atom is 0.304 e. The molecule has 1 aliphatic rings. The minimum Gasteiger partial charge on any atom is -0.488 e. The van der Waals surface area contributed by atoms with Gasteiger partial charge in [-0.1, -0.05) is 63.6 Å². The second-order valence-corrected chi connectivity index (χ2v) is 13.2. The van der Waals surface area contributed by atoms with Gasteiger partial charge in [0.15, 0.2) is 0 Å². The molecule has 230 valence electrons. The molecule has 4 rings (SSSR count). The van der Waals surface area contributed by atoms with E-state index < -0.39 is 33.8 Å². The number of benzene rings is 3. The van der Waals surface area contributed by atoms with Crippen LogP contribution in [0.25, 0.3) is 0 Å². The average Bonchev–Trinajstić information content (AvgIpc) is 3.08. The van der Waals surface area contributed by atoms with E-state index in [0.29, 0.717) is 30.1 Å². The van der Waals surface area contributed by atoms with Gasteiger partial charge in [-0.2, -0.15) is 14.5 Å². The van der Waals surface area contributed by atoms with Gasteiger partial charge in [0, 0.05) is 18.0 Å². The highest BCUT2D eigenvalue weighted by Crippen LogP contribution is 2.38. The van der Waals surface area contributed by atoms with Gasteiger partial charge in [0.2, 0.25) is 10.0 Å². The van der Waals surface area contributed by atoms with Gasteiger partial charge in [0.05, 0.1) is 25.2 Å². The standard InChI is InChI=1S/C33H40FN3O5S/c1-6-21(3)18-35-36-33-22(4)12-14-27(23(33)5)28(17-32(38)39)24-13-15-29(34)25(16-24)19-37-20-26(7-2)42-30-10-8-9-11-31(30)43(37,40)41/h8-16,21,26,28H,6-7,17-20H2,1-5H3,(H,38,39). The van der Waals surface area contributed by atoms with E-state index in [1.54, 1.807) is 30.3 Å². The van der Waals surface area contributed by atoms with E-state index in [1.807, 2.05) is 32.9 Å². The molecule has 8 nitrogen and oxygen atoms in total. The molecule has 3 atom stereocenters. The van der Waals surface area contributed by atoms with Crippen molar-refractivity contribution in [2.24, 2.45) is 16.1 Å². The van der Waals surface area contributed by atoms with Crippen molar-refractivity contribution >= 4 is 21.7 Å². The quantitative estimate of drug-likeness (QED) is 0.226. The molecule has 1 heterocycles. The number of aryl methyl sites for hydroxylation is 1. The number of para-hydroxylation sites is 1. The molecule has 0 saturated heterocycles. The highest BCUT2D eigenvalue weighted by Gasteiger charge is 2.35. The lowest BCUT2D eigenvalue weighted by molar-refractivity contribution is -0.137. The molecule has 0 amide bonds. The number of nitrogens with zero attached hydrogens (tertiary/aromatic N) is 3. The van der Waals surface area contributed by atoms with Crippen molar-refractivity contribution in [1.82, 2.24) is 4.31 Å². The molecular weight excluding hydrogens is 569 g/mol. The summed E-state index contributed by atoms with van der Waals surface area (Å²) in [6.45, 7) is 10.4. The topological polar surface area (TPSA) is 109 Å². The third-order valence-electron chi connectivity index (χ3n) is 8.13. The molecule has 0 fully saturated rings. The highest BCUT2D eigenvalue weighted by atomic mass is 32.2. The Morgan fingerprint density at radius 1 is 1.14 bits per heavy atom. The van der Waals surface area contributed by atoms with Gasteiger partial charge >= 0.3 is 5.97 Å². The largest absolute Gasteiger partial charge is 0.488 e. The molecule has 0 saturated carbocycles. The van der Waals surface area contributed by atoms with E-state index in [0.717, 1.165) is 23.1 Å². The predicted octanol–water partition coefficient (Wildman–Crippen LogP) is 7.54. The first kappa shape index (κ1) is 32.3. The molecule has 0 aromatic heterocycles. The Bertz CT molecular complexity index is 1610. The summed E-state index contributed by atoms with van der Waals surface area (Å²) in [5.41, 5.74) is 3.90. The normalized spacial score (nSPS) is 18.0. The Kier molecular flexibility index (Phi) is 10.3. The van der Waals surface area contributed by atoms with Crippen LogP contribution in [-0.2, 0) is 21.4 Å². The Morgan fingerprint density at radius 2 is 1.88 bits per heavy atom. The number of ether oxygens (including phenoxy) is 1. The summed E-state index contributed by atoms with van der Waals surface area (Å²) in [6.07, 6.45) is 0.905. The molecule has 3 aromatic carbocycles. The summed E-state index contributed by atoms with van der Waals surface area (Å²) in [5.74, 6) is -1.52. The van der Waals surface area contributed by atoms with Crippen LogP contribution >= 0.6 is 0 Å². The molecule has 0 bridgehead atoms. The molecule has 43 heavy (non-hydrogen) atoms. The molecule has 1 aliphatic heterocycles. The fraction of sp³-hybridized carbons (Fsp3) is 0.424. The van der Waals surface area contributed by atoms with Crippen molar-refractivity contribution in [3.05, 3.63) is 88.2 Å². The summed E-state index contributed by atoms with van der Waals surface area (Å²) in [7, 11) is -3.99. The number of sulfonamides is 1. The lowest BCUT2D eigenvalue weighted by atomic mass is 9.84. The number of rotatable bonds is 11. The van der Waals surface area contributed by atoms with Crippen molar-refractivity contribution in [3.8, 4) is 5.75 Å². The number of carboxylic acid groups (broad SMARTS) is 1.